The SMILES string of the molecule is CC[C@]1(CC(=O)O)C[C@H](c2cccc(Cl)c2)C(c2ccc(Cl)cc2)N(C(CNS(=O)(=O)C(C)C)C2CC2)C1=O. The summed E-state index contributed by atoms with van der Waals surface area (Å²) in [5.74, 6) is -1.45. The van der Waals surface area contributed by atoms with Crippen LogP contribution in [0.4, 0.5) is 0 Å². The summed E-state index contributed by atoms with van der Waals surface area (Å²) in [7, 11) is -3.58. The first-order valence-electron chi connectivity index (χ1n) is 13.4. The molecular formula is C29H36Cl2N2O5S. The topological polar surface area (TPSA) is 104 Å². The molecular weight excluding hydrogens is 559 g/mol. The van der Waals surface area contributed by atoms with Crippen LogP contribution in [0, 0.1) is 11.3 Å². The smallest absolute Gasteiger partial charge is 0.304 e. The van der Waals surface area contributed by atoms with Gasteiger partial charge in [-0.25, -0.2) is 13.1 Å². The van der Waals surface area contributed by atoms with E-state index in [2.05, 4.69) is 4.72 Å². The highest BCUT2D eigenvalue weighted by Gasteiger charge is 2.55. The maximum Gasteiger partial charge on any atom is 0.304 e. The molecule has 1 aliphatic heterocycles. The number of sulfonamides is 1. The van der Waals surface area contributed by atoms with Crippen molar-refractivity contribution in [3.63, 3.8) is 0 Å². The largest absolute Gasteiger partial charge is 0.481 e. The van der Waals surface area contributed by atoms with Gasteiger partial charge in [-0.15, -0.1) is 0 Å². The fourth-order valence-electron chi connectivity index (χ4n) is 5.86. The Hall–Kier alpha value is -2.13. The summed E-state index contributed by atoms with van der Waals surface area (Å²) in [5.41, 5.74) is 0.613. The average Bonchev–Trinajstić information content (AvgIpc) is 3.71. The minimum atomic E-state index is -3.58. The summed E-state index contributed by atoms with van der Waals surface area (Å²) in [5, 5.41) is 10.4. The Labute approximate surface area is 240 Å². The van der Waals surface area contributed by atoms with Crippen molar-refractivity contribution in [2.75, 3.05) is 6.54 Å². The number of rotatable bonds is 11. The maximum absolute atomic E-state index is 14.6. The fraction of sp³-hybridized carbons (Fsp3) is 0.517. The van der Waals surface area contributed by atoms with E-state index in [9.17, 15) is 23.1 Å². The molecule has 4 atom stereocenters. The van der Waals surface area contributed by atoms with Gasteiger partial charge in [0.15, 0.2) is 0 Å². The second-order valence-corrected chi connectivity index (χ2v) is 14.3. The molecule has 39 heavy (non-hydrogen) atoms. The van der Waals surface area contributed by atoms with E-state index >= 15 is 0 Å². The predicted octanol–water partition coefficient (Wildman–Crippen LogP) is 6.03. The summed E-state index contributed by atoms with van der Waals surface area (Å²) in [6.45, 7) is 5.14. The molecule has 1 heterocycles. The van der Waals surface area contributed by atoms with Gasteiger partial charge >= 0.3 is 5.97 Å². The fourth-order valence-corrected chi connectivity index (χ4v) is 6.92. The Morgan fingerprint density at radius 1 is 1.10 bits per heavy atom. The molecule has 4 rings (SSSR count). The van der Waals surface area contributed by atoms with Crippen molar-refractivity contribution in [2.45, 2.75) is 76.1 Å². The number of nitrogens with zero attached hydrogens (tertiary/aromatic N) is 1. The molecule has 2 N–H and O–H groups in total. The number of benzene rings is 2. The van der Waals surface area contributed by atoms with Gasteiger partial charge in [0.25, 0.3) is 0 Å². The minimum Gasteiger partial charge on any atom is -0.481 e. The van der Waals surface area contributed by atoms with Gasteiger partial charge in [0.2, 0.25) is 15.9 Å². The molecule has 2 aromatic rings. The van der Waals surface area contributed by atoms with E-state index in [0.717, 1.165) is 24.0 Å². The second kappa shape index (κ2) is 11.8. The maximum atomic E-state index is 14.6. The van der Waals surface area contributed by atoms with Gasteiger partial charge in [-0.2, -0.15) is 0 Å². The Morgan fingerprint density at radius 2 is 1.77 bits per heavy atom. The summed E-state index contributed by atoms with van der Waals surface area (Å²) in [6, 6.07) is 13.9. The van der Waals surface area contributed by atoms with Crippen molar-refractivity contribution in [1.82, 2.24) is 9.62 Å². The van der Waals surface area contributed by atoms with Gasteiger partial charge in [0.1, 0.15) is 0 Å². The molecule has 10 heteroatoms. The van der Waals surface area contributed by atoms with E-state index in [4.69, 9.17) is 23.2 Å². The molecule has 1 saturated carbocycles. The van der Waals surface area contributed by atoms with Gasteiger partial charge in [-0.05, 0) is 80.8 Å². The van der Waals surface area contributed by atoms with E-state index in [0.29, 0.717) is 22.9 Å². The van der Waals surface area contributed by atoms with Gasteiger partial charge in [0, 0.05) is 28.5 Å². The standard InChI is InChI=1S/C29H36Cl2N2O5S/c1-4-29(16-26(34)35)15-24(21-6-5-7-23(31)14-21)27(20-10-12-22(30)13-11-20)33(28(29)36)25(19-8-9-19)17-32-39(37,38)18(2)3/h5-7,10-14,18-19,24-25,27,32H,4,8-9,15-17H2,1-3H3,(H,34,35)/t24-,25?,27?,29-/m1/s1. The molecule has 0 spiro atoms. The number of carboxylic acids is 1. The Bertz CT molecular complexity index is 1310. The van der Waals surface area contributed by atoms with Crippen LogP contribution in [0.15, 0.2) is 48.5 Å². The van der Waals surface area contributed by atoms with Gasteiger partial charge in [-0.3, -0.25) is 9.59 Å². The van der Waals surface area contributed by atoms with Crippen molar-refractivity contribution >= 4 is 45.1 Å². The number of amides is 1. The van der Waals surface area contributed by atoms with Crippen molar-refractivity contribution in [2.24, 2.45) is 11.3 Å². The number of carbonyl (C=O) groups is 2. The Morgan fingerprint density at radius 3 is 2.31 bits per heavy atom. The third-order valence-electron chi connectivity index (χ3n) is 8.27. The lowest BCUT2D eigenvalue weighted by Gasteiger charge is -2.53. The van der Waals surface area contributed by atoms with Crippen molar-refractivity contribution in [3.8, 4) is 0 Å². The summed E-state index contributed by atoms with van der Waals surface area (Å²) < 4.78 is 28.3. The number of carbonyl (C=O) groups excluding carboxylic acids is 1. The molecule has 7 nitrogen and oxygen atoms in total. The average molecular weight is 596 g/mol. The van der Waals surface area contributed by atoms with Crippen LogP contribution in [0.2, 0.25) is 10.0 Å². The molecule has 1 saturated heterocycles. The van der Waals surface area contributed by atoms with Crippen molar-refractivity contribution in [1.29, 1.82) is 0 Å². The third-order valence-corrected chi connectivity index (χ3v) is 10.6. The van der Waals surface area contributed by atoms with Gasteiger partial charge in [0.05, 0.1) is 23.1 Å². The number of likely N-dealkylation sites (tertiary alicyclic amines) is 1. The first kappa shape index (κ1) is 29.8. The second-order valence-electron chi connectivity index (χ2n) is 11.1. The van der Waals surface area contributed by atoms with E-state index in [-0.39, 0.29) is 30.7 Å². The summed E-state index contributed by atoms with van der Waals surface area (Å²) >= 11 is 12.6. The van der Waals surface area contributed by atoms with Gasteiger partial charge in [-0.1, -0.05) is 54.4 Å². The van der Waals surface area contributed by atoms with Crippen molar-refractivity contribution < 1.29 is 23.1 Å². The number of hydrogen-bond acceptors (Lipinski definition) is 4. The quantitative estimate of drug-likeness (QED) is 0.330. The molecule has 1 amide bonds. The van der Waals surface area contributed by atoms with E-state index in [1.54, 1.807) is 32.0 Å². The monoisotopic (exact) mass is 594 g/mol. The minimum absolute atomic E-state index is 0.0656. The Balaban J connectivity index is 1.91. The molecule has 2 unspecified atom stereocenters. The Kier molecular flexibility index (Phi) is 9.01. The third kappa shape index (κ3) is 6.45. The summed E-state index contributed by atoms with van der Waals surface area (Å²) in [4.78, 5) is 28.5. The molecule has 0 radical (unpaired) electrons. The highest BCUT2D eigenvalue weighted by atomic mass is 35.5. The number of aliphatic carboxylic acids is 1. The molecule has 2 aliphatic rings. The van der Waals surface area contributed by atoms with Crippen molar-refractivity contribution in [3.05, 3.63) is 69.7 Å². The van der Waals surface area contributed by atoms with Crippen LogP contribution in [-0.4, -0.2) is 48.1 Å². The highest BCUT2D eigenvalue weighted by Crippen LogP contribution is 2.55. The van der Waals surface area contributed by atoms with Crippen LogP contribution in [0.1, 0.15) is 76.0 Å². The predicted molar refractivity (Wildman–Crippen MR) is 153 cm³/mol. The molecule has 1 aliphatic carbocycles. The lowest BCUT2D eigenvalue weighted by molar-refractivity contribution is -0.162. The number of piperidine rings is 1. The molecule has 212 valence electrons. The zero-order valence-electron chi connectivity index (χ0n) is 22.4. The first-order chi connectivity index (χ1) is 18.4. The van der Waals surface area contributed by atoms with E-state index < -0.39 is 38.7 Å². The zero-order chi connectivity index (χ0) is 28.5. The zero-order valence-corrected chi connectivity index (χ0v) is 24.8. The van der Waals surface area contributed by atoms with Crippen LogP contribution in [0.25, 0.3) is 0 Å². The normalized spacial score (nSPS) is 24.7. The lowest BCUT2D eigenvalue weighted by Crippen LogP contribution is -2.59. The van der Waals surface area contributed by atoms with Gasteiger partial charge < -0.3 is 10.0 Å². The van der Waals surface area contributed by atoms with Crippen LogP contribution < -0.4 is 4.72 Å². The number of nitrogens with one attached hydrogen (secondary N) is 1. The van der Waals surface area contributed by atoms with E-state index in [1.165, 1.54) is 0 Å². The summed E-state index contributed by atoms with van der Waals surface area (Å²) in [6.07, 6.45) is 2.09. The molecule has 0 aromatic heterocycles. The van der Waals surface area contributed by atoms with Crippen LogP contribution in [0.5, 0.6) is 0 Å². The van der Waals surface area contributed by atoms with Crippen LogP contribution >= 0.6 is 23.2 Å². The first-order valence-corrected chi connectivity index (χ1v) is 15.7. The molecule has 2 aromatic carbocycles. The van der Waals surface area contributed by atoms with E-state index in [1.807, 2.05) is 42.2 Å². The highest BCUT2D eigenvalue weighted by molar-refractivity contribution is 7.90. The molecule has 2 fully saturated rings. The lowest BCUT2D eigenvalue weighted by atomic mass is 9.64. The van der Waals surface area contributed by atoms with Crippen LogP contribution in [0.3, 0.4) is 0 Å². The van der Waals surface area contributed by atoms with Crippen LogP contribution in [-0.2, 0) is 19.6 Å². The number of hydrogen-bond donors (Lipinski definition) is 2. The number of halogens is 2. The number of carboxylic acid groups (broad SMARTS) is 1. The molecule has 0 bridgehead atoms.